The maximum absolute atomic E-state index is 12.7. The van der Waals surface area contributed by atoms with Crippen LogP contribution in [0.25, 0.3) is 0 Å². The van der Waals surface area contributed by atoms with Crippen molar-refractivity contribution in [1.29, 1.82) is 0 Å². The first-order chi connectivity index (χ1) is 19.5. The fraction of sp³-hybridized carbons (Fsp3) is 0.462. The van der Waals surface area contributed by atoms with Crippen molar-refractivity contribution < 1.29 is 43.9 Å². The molecule has 0 spiro atoms. The van der Waals surface area contributed by atoms with E-state index < -0.39 is 72.2 Å². The molecular weight excluding hydrogens is 544 g/mol. The Balaban J connectivity index is 1.46. The van der Waals surface area contributed by atoms with Gasteiger partial charge in [0.1, 0.15) is 30.5 Å². The molecule has 1 aromatic heterocycles. The monoisotopic (exact) mass is 576 g/mol. The highest BCUT2D eigenvalue weighted by molar-refractivity contribution is 5.91. The molecule has 1 aromatic carbocycles. The molecule has 1 unspecified atom stereocenters. The van der Waals surface area contributed by atoms with Crippen molar-refractivity contribution in [2.75, 3.05) is 13.7 Å². The van der Waals surface area contributed by atoms with Gasteiger partial charge >= 0.3 is 5.69 Å². The lowest BCUT2D eigenvalue weighted by atomic mass is 10.0. The van der Waals surface area contributed by atoms with E-state index in [0.717, 1.165) is 34.0 Å². The van der Waals surface area contributed by atoms with Crippen LogP contribution in [0.15, 0.2) is 58.0 Å². The number of hydrogen-bond donors (Lipinski definition) is 6. The maximum Gasteiger partial charge on any atom is 0.330 e. The Bertz CT molecular complexity index is 1390. The standard InChI is InChI=1S/C26H32N4O11/c1-12-3-5-13(6-4-12)7-9-28-23(36)15-11-14(31)17(33)25(39-15)41-21(22(27)35)20-19(38-2)18(34)24(40-20)30-10-8-16(32)29-26(30)37/h3-6,8,10-11,14,17-21,24-25,31,33-34H,7,9H2,1-2H3,(H2,27,35)(H,28,36)(H,29,32,37)/t14-,17-,18+,19-,20?,21+,24+,25+/m0/s1. The molecule has 0 aliphatic carbocycles. The minimum Gasteiger partial charge on any atom is -0.456 e. The number of hydrogen-bond acceptors (Lipinski definition) is 11. The number of H-pyrrole nitrogens is 1. The zero-order chi connectivity index (χ0) is 29.8. The number of carbonyl (C=O) groups is 2. The second-order valence-corrected chi connectivity index (χ2v) is 9.65. The third kappa shape index (κ3) is 6.73. The summed E-state index contributed by atoms with van der Waals surface area (Å²) in [5.41, 5.74) is 6.06. The van der Waals surface area contributed by atoms with Gasteiger partial charge in [0.25, 0.3) is 11.5 Å². The van der Waals surface area contributed by atoms with E-state index in [4.69, 9.17) is 24.7 Å². The van der Waals surface area contributed by atoms with Crippen LogP contribution in [0.2, 0.25) is 0 Å². The van der Waals surface area contributed by atoms with Gasteiger partial charge in [-0.2, -0.15) is 0 Å². The quantitative estimate of drug-likeness (QED) is 0.171. The highest BCUT2D eigenvalue weighted by Gasteiger charge is 2.52. The number of primary amides is 1. The molecule has 3 heterocycles. The van der Waals surface area contributed by atoms with Crippen molar-refractivity contribution in [3.8, 4) is 0 Å². The first-order valence-corrected chi connectivity index (χ1v) is 12.7. The number of carbonyl (C=O) groups excluding carboxylic acids is 2. The Hall–Kier alpha value is -3.86. The summed E-state index contributed by atoms with van der Waals surface area (Å²) in [6.07, 6.45) is -9.94. The zero-order valence-corrected chi connectivity index (χ0v) is 22.2. The van der Waals surface area contributed by atoms with Gasteiger partial charge in [0.15, 0.2) is 18.1 Å². The number of rotatable bonds is 10. The van der Waals surface area contributed by atoms with Gasteiger partial charge in [-0.3, -0.25) is 23.9 Å². The predicted octanol–water partition coefficient (Wildman–Crippen LogP) is -2.69. The average Bonchev–Trinajstić information content (AvgIpc) is 3.25. The Morgan fingerprint density at radius 3 is 2.49 bits per heavy atom. The van der Waals surface area contributed by atoms with Crippen LogP contribution < -0.4 is 22.3 Å². The highest BCUT2D eigenvalue weighted by Crippen LogP contribution is 2.34. The maximum atomic E-state index is 12.7. The predicted molar refractivity (Wildman–Crippen MR) is 139 cm³/mol. The summed E-state index contributed by atoms with van der Waals surface area (Å²) >= 11 is 0. The van der Waals surface area contributed by atoms with Crippen LogP contribution in [0.3, 0.4) is 0 Å². The minimum absolute atomic E-state index is 0.242. The summed E-state index contributed by atoms with van der Waals surface area (Å²) in [6.45, 7) is 2.20. The number of aromatic amines is 1. The lowest BCUT2D eigenvalue weighted by Gasteiger charge is -2.35. The second kappa shape index (κ2) is 12.8. The molecule has 222 valence electrons. The molecule has 0 radical (unpaired) electrons. The number of ether oxygens (including phenoxy) is 4. The number of nitrogens with one attached hydrogen (secondary N) is 2. The molecule has 2 amide bonds. The van der Waals surface area contributed by atoms with Gasteiger partial charge in [-0.15, -0.1) is 0 Å². The lowest BCUT2D eigenvalue weighted by Crippen LogP contribution is -2.54. The smallest absolute Gasteiger partial charge is 0.330 e. The number of aryl methyl sites for hydroxylation is 1. The van der Waals surface area contributed by atoms with Crippen LogP contribution in [-0.4, -0.2) is 93.3 Å². The topological polar surface area (TPSA) is 225 Å². The molecule has 1 saturated heterocycles. The van der Waals surface area contributed by atoms with Gasteiger partial charge in [-0.05, 0) is 25.0 Å². The van der Waals surface area contributed by atoms with Gasteiger partial charge in [0, 0.05) is 25.9 Å². The molecule has 15 nitrogen and oxygen atoms in total. The fourth-order valence-corrected chi connectivity index (χ4v) is 4.55. The van der Waals surface area contributed by atoms with Crippen LogP contribution in [0, 0.1) is 6.92 Å². The van der Waals surface area contributed by atoms with Crippen molar-refractivity contribution >= 4 is 11.8 Å². The molecule has 0 bridgehead atoms. The van der Waals surface area contributed by atoms with Gasteiger partial charge < -0.3 is 45.3 Å². The van der Waals surface area contributed by atoms with Crippen LogP contribution in [-0.2, 0) is 35.0 Å². The number of aromatic nitrogens is 2. The summed E-state index contributed by atoms with van der Waals surface area (Å²) in [7, 11) is 1.21. The number of benzene rings is 1. The Morgan fingerprint density at radius 1 is 1.15 bits per heavy atom. The summed E-state index contributed by atoms with van der Waals surface area (Å²) in [6, 6.07) is 8.78. The van der Waals surface area contributed by atoms with Crippen molar-refractivity contribution in [3.05, 3.63) is 80.3 Å². The molecule has 0 saturated carbocycles. The number of methoxy groups -OCH3 is 1. The van der Waals surface area contributed by atoms with E-state index in [0.29, 0.717) is 6.42 Å². The van der Waals surface area contributed by atoms with E-state index in [1.165, 1.54) is 7.11 Å². The van der Waals surface area contributed by atoms with Crippen molar-refractivity contribution in [1.82, 2.24) is 14.9 Å². The first kappa shape index (κ1) is 30.1. The van der Waals surface area contributed by atoms with Crippen LogP contribution in [0.5, 0.6) is 0 Å². The van der Waals surface area contributed by atoms with Crippen LogP contribution in [0.1, 0.15) is 17.4 Å². The van der Waals surface area contributed by atoms with Crippen LogP contribution >= 0.6 is 0 Å². The molecule has 4 rings (SSSR count). The number of aliphatic hydroxyl groups excluding tert-OH is 3. The SMILES string of the molecule is CO[C@@H]1C([C@@H](O[C@H]2OC(C(=O)NCCc3ccc(C)cc3)=C[C@H](O)[C@@H]2O)C(N)=O)O[C@@H](n2ccc(=O)[nH]c2=O)[C@@H]1O. The van der Waals surface area contributed by atoms with Crippen molar-refractivity contribution in [2.24, 2.45) is 5.73 Å². The summed E-state index contributed by atoms with van der Waals surface area (Å²) in [5, 5.41) is 34.3. The van der Waals surface area contributed by atoms with Gasteiger partial charge in [-0.25, -0.2) is 4.79 Å². The Morgan fingerprint density at radius 2 is 1.85 bits per heavy atom. The summed E-state index contributed by atoms with van der Waals surface area (Å²) in [5.74, 6) is -2.19. The molecule has 1 fully saturated rings. The van der Waals surface area contributed by atoms with Crippen LogP contribution in [0.4, 0.5) is 0 Å². The second-order valence-electron chi connectivity index (χ2n) is 9.65. The first-order valence-electron chi connectivity index (χ1n) is 12.7. The van der Waals surface area contributed by atoms with E-state index in [2.05, 4.69) is 5.32 Å². The summed E-state index contributed by atoms with van der Waals surface area (Å²) in [4.78, 5) is 50.9. The third-order valence-electron chi connectivity index (χ3n) is 6.74. The Labute approximate surface area is 233 Å². The zero-order valence-electron chi connectivity index (χ0n) is 22.2. The molecule has 7 N–H and O–H groups in total. The number of aliphatic hydroxyl groups is 3. The minimum atomic E-state index is -1.77. The molecule has 41 heavy (non-hydrogen) atoms. The van der Waals surface area contributed by atoms with E-state index in [-0.39, 0.29) is 12.3 Å². The molecule has 2 aromatic rings. The van der Waals surface area contributed by atoms with Crippen molar-refractivity contribution in [2.45, 2.75) is 62.5 Å². The molecule has 15 heteroatoms. The molecular formula is C26H32N4O11. The van der Waals surface area contributed by atoms with Gasteiger partial charge in [0.2, 0.25) is 12.2 Å². The van der Waals surface area contributed by atoms with E-state index in [1.54, 1.807) is 0 Å². The Kier molecular flexibility index (Phi) is 9.37. The van der Waals surface area contributed by atoms with E-state index >= 15 is 0 Å². The number of amides is 2. The molecule has 2 aliphatic heterocycles. The molecule has 8 atom stereocenters. The van der Waals surface area contributed by atoms with Crippen molar-refractivity contribution in [3.63, 3.8) is 0 Å². The lowest BCUT2D eigenvalue weighted by molar-refractivity contribution is -0.241. The number of nitrogens with two attached hydrogens (primary N) is 1. The molecule has 2 aliphatic rings. The largest absolute Gasteiger partial charge is 0.456 e. The highest BCUT2D eigenvalue weighted by atomic mass is 16.7. The normalized spacial score (nSPS) is 28.4. The van der Waals surface area contributed by atoms with Gasteiger partial charge in [-0.1, -0.05) is 29.8 Å². The summed E-state index contributed by atoms with van der Waals surface area (Å²) < 4.78 is 23.0. The number of nitrogens with zero attached hydrogens (tertiary/aromatic N) is 1. The third-order valence-corrected chi connectivity index (χ3v) is 6.74. The fourth-order valence-electron chi connectivity index (χ4n) is 4.55. The van der Waals surface area contributed by atoms with E-state index in [1.807, 2.05) is 36.2 Å². The van der Waals surface area contributed by atoms with Gasteiger partial charge in [0.05, 0.1) is 0 Å². The van der Waals surface area contributed by atoms with E-state index in [9.17, 15) is 34.5 Å². The average molecular weight is 577 g/mol.